The van der Waals surface area contributed by atoms with Crippen LogP contribution in [0, 0.1) is 0 Å². The molecule has 0 saturated heterocycles. The number of para-hydroxylation sites is 1. The highest BCUT2D eigenvalue weighted by Crippen LogP contribution is 2.28. The van der Waals surface area contributed by atoms with Crippen molar-refractivity contribution in [2.45, 2.75) is 19.4 Å². The second-order valence-corrected chi connectivity index (χ2v) is 4.89. The van der Waals surface area contributed by atoms with Gasteiger partial charge in [-0.05, 0) is 19.1 Å². The van der Waals surface area contributed by atoms with E-state index in [0.29, 0.717) is 4.57 Å². The highest BCUT2D eigenvalue weighted by Gasteiger charge is 2.37. The van der Waals surface area contributed by atoms with Gasteiger partial charge in [0.15, 0.2) is 12.1 Å². The van der Waals surface area contributed by atoms with Crippen molar-refractivity contribution in [3.8, 4) is 5.75 Å². The number of aromatic nitrogens is 3. The summed E-state index contributed by atoms with van der Waals surface area (Å²) in [5, 5.41) is 18.2. The van der Waals surface area contributed by atoms with E-state index in [0.717, 1.165) is 7.05 Å². The van der Waals surface area contributed by atoms with Crippen molar-refractivity contribution in [3.05, 3.63) is 35.7 Å². The van der Waals surface area contributed by atoms with Gasteiger partial charge in [0.05, 0.1) is 12.1 Å². The van der Waals surface area contributed by atoms with Crippen LogP contribution in [-0.2, 0) is 13.2 Å². The molecule has 0 bridgehead atoms. The average molecular weight is 344 g/mol. The monoisotopic (exact) mass is 344 g/mol. The maximum absolute atomic E-state index is 12.6. The molecule has 1 heterocycles. The number of halogens is 3. The Kier molecular flexibility index (Phi) is 5.07. The van der Waals surface area contributed by atoms with Crippen LogP contribution in [0.4, 0.5) is 19.1 Å². The first-order chi connectivity index (χ1) is 11.2. The smallest absolute Gasteiger partial charge is 0.451 e. The van der Waals surface area contributed by atoms with Crippen molar-refractivity contribution >= 4 is 11.7 Å². The van der Waals surface area contributed by atoms with E-state index < -0.39 is 24.1 Å². The lowest BCUT2D eigenvalue weighted by atomic mass is 10.1. The standard InChI is InChI=1S/C14H15F3N4O3/c1-8(22)24-11-6-4-3-5-9(11)10(23)7-18-13-20-19-12(21(13)2)14(15,16)17/h3-6,8,22H,7H2,1-2H3,(H,18,20). The zero-order valence-electron chi connectivity index (χ0n) is 12.8. The van der Waals surface area contributed by atoms with E-state index >= 15 is 0 Å². The molecule has 130 valence electrons. The van der Waals surface area contributed by atoms with Crippen molar-refractivity contribution < 1.29 is 27.8 Å². The lowest BCUT2D eigenvalue weighted by molar-refractivity contribution is -0.146. The van der Waals surface area contributed by atoms with Crippen LogP contribution >= 0.6 is 0 Å². The first kappa shape index (κ1) is 17.7. The molecule has 2 aromatic rings. The Morgan fingerprint density at radius 2 is 2.04 bits per heavy atom. The number of rotatable bonds is 6. The fourth-order valence-corrected chi connectivity index (χ4v) is 1.97. The second kappa shape index (κ2) is 6.87. The lowest BCUT2D eigenvalue weighted by Gasteiger charge is -2.13. The third-order valence-corrected chi connectivity index (χ3v) is 3.02. The summed E-state index contributed by atoms with van der Waals surface area (Å²) in [7, 11) is 1.14. The molecule has 7 nitrogen and oxygen atoms in total. The zero-order chi connectivity index (χ0) is 17.9. The first-order valence-corrected chi connectivity index (χ1v) is 6.87. The number of benzene rings is 1. The summed E-state index contributed by atoms with van der Waals surface area (Å²) in [5.74, 6) is -1.63. The molecule has 2 rings (SSSR count). The second-order valence-electron chi connectivity index (χ2n) is 4.89. The molecule has 24 heavy (non-hydrogen) atoms. The Balaban J connectivity index is 2.11. The number of nitrogens with one attached hydrogen (secondary N) is 1. The number of nitrogens with zero attached hydrogens (tertiary/aromatic N) is 3. The van der Waals surface area contributed by atoms with Crippen LogP contribution in [0.25, 0.3) is 0 Å². The minimum atomic E-state index is -4.64. The molecular formula is C14H15F3N4O3. The summed E-state index contributed by atoms with van der Waals surface area (Å²) < 4.78 is 43.8. The van der Waals surface area contributed by atoms with Gasteiger partial charge in [0.25, 0.3) is 0 Å². The Bertz CT molecular complexity index is 728. The highest BCUT2D eigenvalue weighted by molar-refractivity contribution is 6.01. The van der Waals surface area contributed by atoms with Gasteiger partial charge < -0.3 is 15.2 Å². The SMILES string of the molecule is CC(O)Oc1ccccc1C(=O)CNc1nnc(C(F)(F)F)n1C. The maximum atomic E-state index is 12.6. The van der Waals surface area contributed by atoms with Gasteiger partial charge in [0.2, 0.25) is 11.8 Å². The van der Waals surface area contributed by atoms with Crippen LogP contribution in [0.2, 0.25) is 0 Å². The Morgan fingerprint density at radius 3 is 2.62 bits per heavy atom. The molecule has 0 spiro atoms. The summed E-state index contributed by atoms with van der Waals surface area (Å²) >= 11 is 0. The Labute approximate surface area is 135 Å². The minimum absolute atomic E-state index is 0.174. The van der Waals surface area contributed by atoms with E-state index in [9.17, 15) is 23.1 Å². The lowest BCUT2D eigenvalue weighted by Crippen LogP contribution is -2.19. The van der Waals surface area contributed by atoms with E-state index in [1.54, 1.807) is 12.1 Å². The number of anilines is 1. The molecule has 0 radical (unpaired) electrons. The van der Waals surface area contributed by atoms with Crippen molar-refractivity contribution in [2.24, 2.45) is 7.05 Å². The number of aliphatic hydroxyl groups excluding tert-OH is 1. The molecule has 1 aromatic heterocycles. The van der Waals surface area contributed by atoms with Gasteiger partial charge >= 0.3 is 6.18 Å². The quantitative estimate of drug-likeness (QED) is 0.614. The fourth-order valence-electron chi connectivity index (χ4n) is 1.97. The zero-order valence-corrected chi connectivity index (χ0v) is 12.8. The molecule has 0 aliphatic heterocycles. The third-order valence-electron chi connectivity index (χ3n) is 3.02. The van der Waals surface area contributed by atoms with Crippen LogP contribution in [0.15, 0.2) is 24.3 Å². The first-order valence-electron chi connectivity index (χ1n) is 6.87. The number of hydrogen-bond acceptors (Lipinski definition) is 6. The van der Waals surface area contributed by atoms with Gasteiger partial charge in [-0.15, -0.1) is 10.2 Å². The van der Waals surface area contributed by atoms with Gasteiger partial charge in [-0.1, -0.05) is 12.1 Å². The van der Waals surface area contributed by atoms with E-state index in [1.807, 2.05) is 0 Å². The number of Topliss-reactive ketones (excluding diaryl/α,β-unsaturated/α-hetero) is 1. The number of ketones is 1. The number of carbonyl (C=O) groups excluding carboxylic acids is 1. The van der Waals surface area contributed by atoms with Crippen molar-refractivity contribution in [2.75, 3.05) is 11.9 Å². The van der Waals surface area contributed by atoms with Crippen LogP contribution in [0.5, 0.6) is 5.75 Å². The van der Waals surface area contributed by atoms with Crippen LogP contribution in [0.1, 0.15) is 23.1 Å². The summed E-state index contributed by atoms with van der Waals surface area (Å²) in [6.07, 6.45) is -5.75. The Morgan fingerprint density at radius 1 is 1.38 bits per heavy atom. The molecule has 1 aromatic carbocycles. The molecule has 0 amide bonds. The minimum Gasteiger partial charge on any atom is -0.465 e. The van der Waals surface area contributed by atoms with Gasteiger partial charge in [-0.3, -0.25) is 9.36 Å². The number of ether oxygens (including phenoxy) is 1. The number of hydrogen-bond donors (Lipinski definition) is 2. The summed E-state index contributed by atoms with van der Waals surface area (Å²) in [6.45, 7) is 1.07. The van der Waals surface area contributed by atoms with Gasteiger partial charge in [-0.25, -0.2) is 0 Å². The third kappa shape index (κ3) is 4.02. The average Bonchev–Trinajstić information content (AvgIpc) is 2.86. The van der Waals surface area contributed by atoms with Gasteiger partial charge in [0, 0.05) is 7.05 Å². The van der Waals surface area contributed by atoms with Crippen LogP contribution in [-0.4, -0.2) is 38.5 Å². The maximum Gasteiger partial charge on any atom is 0.451 e. The van der Waals surface area contributed by atoms with Crippen LogP contribution < -0.4 is 10.1 Å². The molecular weight excluding hydrogens is 329 g/mol. The number of aliphatic hydroxyl groups is 1. The fraction of sp³-hybridized carbons (Fsp3) is 0.357. The largest absolute Gasteiger partial charge is 0.465 e. The van der Waals surface area contributed by atoms with E-state index in [2.05, 4.69) is 15.5 Å². The summed E-state index contributed by atoms with van der Waals surface area (Å²) in [6, 6.07) is 6.22. The van der Waals surface area contributed by atoms with Crippen LogP contribution in [0.3, 0.4) is 0 Å². The van der Waals surface area contributed by atoms with Gasteiger partial charge in [-0.2, -0.15) is 13.2 Å². The topological polar surface area (TPSA) is 89.3 Å². The molecule has 1 atom stereocenters. The predicted molar refractivity (Wildman–Crippen MR) is 77.6 cm³/mol. The van der Waals surface area contributed by atoms with E-state index in [4.69, 9.17) is 4.74 Å². The molecule has 0 fully saturated rings. The Hall–Kier alpha value is -2.62. The predicted octanol–water partition coefficient (Wildman–Crippen LogP) is 1.85. The van der Waals surface area contributed by atoms with Gasteiger partial charge in [0.1, 0.15) is 5.75 Å². The molecule has 10 heteroatoms. The highest BCUT2D eigenvalue weighted by atomic mass is 19.4. The molecule has 0 saturated carbocycles. The van der Waals surface area contributed by atoms with E-state index in [1.165, 1.54) is 19.1 Å². The molecule has 2 N–H and O–H groups in total. The van der Waals surface area contributed by atoms with E-state index in [-0.39, 0.29) is 23.8 Å². The number of carbonyl (C=O) groups is 1. The molecule has 0 aliphatic carbocycles. The van der Waals surface area contributed by atoms with Crippen molar-refractivity contribution in [1.82, 2.24) is 14.8 Å². The molecule has 1 unspecified atom stereocenters. The summed E-state index contributed by atoms with van der Waals surface area (Å²) in [4.78, 5) is 12.2. The van der Waals surface area contributed by atoms with Crippen molar-refractivity contribution in [1.29, 1.82) is 0 Å². The normalized spacial score (nSPS) is 12.8. The van der Waals surface area contributed by atoms with Crippen molar-refractivity contribution in [3.63, 3.8) is 0 Å². The summed E-state index contributed by atoms with van der Waals surface area (Å²) in [5.41, 5.74) is 0.184. The molecule has 0 aliphatic rings. The number of alkyl halides is 3.